The lowest BCUT2D eigenvalue weighted by Crippen LogP contribution is -2.32. The molecule has 1 amide bonds. The van der Waals surface area contributed by atoms with E-state index in [1.807, 2.05) is 42.5 Å². The Bertz CT molecular complexity index is 1020. The van der Waals surface area contributed by atoms with Gasteiger partial charge < -0.3 is 14.4 Å². The van der Waals surface area contributed by atoms with E-state index >= 15 is 0 Å². The van der Waals surface area contributed by atoms with Gasteiger partial charge in [0.1, 0.15) is 17.5 Å². The number of hydrogen-bond donors (Lipinski definition) is 0. The van der Waals surface area contributed by atoms with Crippen LogP contribution in [-0.4, -0.2) is 51.9 Å². The van der Waals surface area contributed by atoms with Gasteiger partial charge in [0.2, 0.25) is 5.88 Å². The Morgan fingerprint density at radius 2 is 2.10 bits per heavy atom. The maximum atomic E-state index is 13.0. The Kier molecular flexibility index (Phi) is 5.53. The van der Waals surface area contributed by atoms with Crippen molar-refractivity contribution in [2.75, 3.05) is 20.2 Å². The number of nitrogens with zero attached hydrogens (tertiary/aromatic N) is 4. The number of aryl methyl sites for hydroxylation is 1. The normalized spacial score (nSPS) is 16.1. The second-order valence-corrected chi connectivity index (χ2v) is 7.78. The van der Waals surface area contributed by atoms with Crippen LogP contribution in [0.15, 0.2) is 53.1 Å². The minimum atomic E-state index is -0.0706. The van der Waals surface area contributed by atoms with E-state index in [1.54, 1.807) is 29.9 Å². The molecule has 0 saturated carbocycles. The number of methoxy groups -OCH3 is 1. The van der Waals surface area contributed by atoms with Crippen LogP contribution in [0.2, 0.25) is 0 Å². The van der Waals surface area contributed by atoms with E-state index in [-0.39, 0.29) is 12.0 Å². The summed E-state index contributed by atoms with van der Waals surface area (Å²) in [6.07, 6.45) is 2.39. The molecule has 1 fully saturated rings. The second kappa shape index (κ2) is 8.24. The first-order chi connectivity index (χ1) is 14.0. The first-order valence-corrected chi connectivity index (χ1v) is 10.1. The van der Waals surface area contributed by atoms with E-state index in [0.717, 1.165) is 27.9 Å². The third kappa shape index (κ3) is 4.27. The van der Waals surface area contributed by atoms with Crippen molar-refractivity contribution in [1.82, 2.24) is 19.7 Å². The van der Waals surface area contributed by atoms with Gasteiger partial charge in [-0.3, -0.25) is 9.48 Å². The number of amides is 1. The summed E-state index contributed by atoms with van der Waals surface area (Å²) >= 11 is 3.36. The molecule has 2 aromatic heterocycles. The van der Waals surface area contributed by atoms with Crippen molar-refractivity contribution in [2.24, 2.45) is 7.05 Å². The van der Waals surface area contributed by atoms with Crippen LogP contribution in [0, 0.1) is 0 Å². The lowest BCUT2D eigenvalue weighted by molar-refractivity contribution is 0.0760. The fraction of sp³-hybridized carbons (Fsp3) is 0.286. The van der Waals surface area contributed by atoms with Gasteiger partial charge in [0.15, 0.2) is 0 Å². The van der Waals surface area contributed by atoms with Crippen LogP contribution in [0.4, 0.5) is 0 Å². The van der Waals surface area contributed by atoms with Crippen LogP contribution >= 0.6 is 15.9 Å². The maximum absolute atomic E-state index is 13.0. The van der Waals surface area contributed by atoms with Crippen LogP contribution < -0.4 is 9.47 Å². The SMILES string of the molecule is COc1cccc(-c2cc(C(=O)N3CCC(Oc4ccc(Br)cn4)C3)n(C)n2)c1. The Labute approximate surface area is 177 Å². The Hall–Kier alpha value is -2.87. The summed E-state index contributed by atoms with van der Waals surface area (Å²) in [7, 11) is 3.41. The van der Waals surface area contributed by atoms with E-state index in [1.165, 1.54) is 0 Å². The molecule has 3 heterocycles. The van der Waals surface area contributed by atoms with E-state index in [9.17, 15) is 4.79 Å². The molecule has 29 heavy (non-hydrogen) atoms. The van der Waals surface area contributed by atoms with Crippen molar-refractivity contribution in [3.8, 4) is 22.9 Å². The number of ether oxygens (including phenoxy) is 2. The maximum Gasteiger partial charge on any atom is 0.272 e. The molecule has 1 unspecified atom stereocenters. The molecule has 1 aliphatic heterocycles. The summed E-state index contributed by atoms with van der Waals surface area (Å²) in [5.74, 6) is 1.26. The number of rotatable bonds is 5. The van der Waals surface area contributed by atoms with Gasteiger partial charge in [-0.05, 0) is 40.2 Å². The smallest absolute Gasteiger partial charge is 0.272 e. The van der Waals surface area contributed by atoms with Gasteiger partial charge >= 0.3 is 0 Å². The van der Waals surface area contributed by atoms with Gasteiger partial charge in [-0.25, -0.2) is 4.98 Å². The van der Waals surface area contributed by atoms with Gasteiger partial charge in [-0.1, -0.05) is 12.1 Å². The highest BCUT2D eigenvalue weighted by molar-refractivity contribution is 9.10. The number of aromatic nitrogens is 3. The summed E-state index contributed by atoms with van der Waals surface area (Å²) < 4.78 is 13.7. The van der Waals surface area contributed by atoms with E-state index < -0.39 is 0 Å². The lowest BCUT2D eigenvalue weighted by atomic mass is 10.1. The molecule has 150 valence electrons. The van der Waals surface area contributed by atoms with Crippen molar-refractivity contribution in [2.45, 2.75) is 12.5 Å². The predicted molar refractivity (Wildman–Crippen MR) is 112 cm³/mol. The minimum Gasteiger partial charge on any atom is -0.497 e. The quantitative estimate of drug-likeness (QED) is 0.586. The molecular weight excluding hydrogens is 436 g/mol. The molecule has 0 spiro atoms. The highest BCUT2D eigenvalue weighted by atomic mass is 79.9. The third-order valence-corrected chi connectivity index (χ3v) is 5.35. The lowest BCUT2D eigenvalue weighted by Gasteiger charge is -2.16. The minimum absolute atomic E-state index is 0.0518. The molecule has 1 aromatic carbocycles. The molecule has 0 radical (unpaired) electrons. The summed E-state index contributed by atoms with van der Waals surface area (Å²) in [6, 6.07) is 13.2. The fourth-order valence-corrected chi connectivity index (χ4v) is 3.60. The number of halogens is 1. The summed E-state index contributed by atoms with van der Waals surface area (Å²) in [5, 5.41) is 4.51. The highest BCUT2D eigenvalue weighted by Crippen LogP contribution is 2.25. The zero-order valence-corrected chi connectivity index (χ0v) is 17.8. The van der Waals surface area contributed by atoms with Gasteiger partial charge in [-0.15, -0.1) is 0 Å². The van der Waals surface area contributed by atoms with Gasteiger partial charge in [-0.2, -0.15) is 5.10 Å². The van der Waals surface area contributed by atoms with Crippen LogP contribution in [0.3, 0.4) is 0 Å². The molecule has 0 aliphatic carbocycles. The van der Waals surface area contributed by atoms with E-state index in [2.05, 4.69) is 26.0 Å². The zero-order chi connectivity index (χ0) is 20.4. The Morgan fingerprint density at radius 1 is 1.24 bits per heavy atom. The summed E-state index contributed by atoms with van der Waals surface area (Å²) in [6.45, 7) is 1.16. The summed E-state index contributed by atoms with van der Waals surface area (Å²) in [4.78, 5) is 19.1. The molecule has 7 nitrogen and oxygen atoms in total. The van der Waals surface area contributed by atoms with Crippen molar-refractivity contribution in [3.05, 3.63) is 58.8 Å². The standard InChI is InChI=1S/C21H21BrN4O3/c1-25-19(11-18(24-25)14-4-3-5-16(10-14)28-2)21(27)26-9-8-17(13-26)29-20-7-6-15(22)12-23-20/h3-7,10-12,17H,8-9,13H2,1-2H3. The number of benzene rings is 1. The molecular formula is C21H21BrN4O3. The number of carbonyl (C=O) groups excluding carboxylic acids is 1. The van der Waals surface area contributed by atoms with Gasteiger partial charge in [0.25, 0.3) is 5.91 Å². The first-order valence-electron chi connectivity index (χ1n) is 9.29. The van der Waals surface area contributed by atoms with Crippen molar-refractivity contribution in [1.29, 1.82) is 0 Å². The van der Waals surface area contributed by atoms with Crippen LogP contribution in [-0.2, 0) is 7.05 Å². The van der Waals surface area contributed by atoms with Crippen molar-refractivity contribution in [3.63, 3.8) is 0 Å². The topological polar surface area (TPSA) is 69.5 Å². The van der Waals surface area contributed by atoms with Crippen LogP contribution in [0.1, 0.15) is 16.9 Å². The average Bonchev–Trinajstić information content (AvgIpc) is 3.36. The second-order valence-electron chi connectivity index (χ2n) is 6.86. The van der Waals surface area contributed by atoms with E-state index in [0.29, 0.717) is 24.7 Å². The first kappa shape index (κ1) is 19.4. The number of likely N-dealkylation sites (tertiary alicyclic amines) is 1. The molecule has 1 aliphatic rings. The molecule has 8 heteroatoms. The van der Waals surface area contributed by atoms with Crippen molar-refractivity contribution >= 4 is 21.8 Å². The molecule has 4 rings (SSSR count). The predicted octanol–water partition coefficient (Wildman–Crippen LogP) is 3.55. The molecule has 1 saturated heterocycles. The van der Waals surface area contributed by atoms with Gasteiger partial charge in [0.05, 0.1) is 19.3 Å². The van der Waals surface area contributed by atoms with Crippen molar-refractivity contribution < 1.29 is 14.3 Å². The molecule has 0 N–H and O–H groups in total. The Balaban J connectivity index is 1.46. The van der Waals surface area contributed by atoms with Gasteiger partial charge in [0, 0.05) is 42.3 Å². The summed E-state index contributed by atoms with van der Waals surface area (Å²) in [5.41, 5.74) is 2.19. The molecule has 3 aromatic rings. The largest absolute Gasteiger partial charge is 0.497 e. The Morgan fingerprint density at radius 3 is 2.86 bits per heavy atom. The number of hydrogen-bond acceptors (Lipinski definition) is 5. The van der Waals surface area contributed by atoms with E-state index in [4.69, 9.17) is 9.47 Å². The monoisotopic (exact) mass is 456 g/mol. The number of carbonyl (C=O) groups is 1. The fourth-order valence-electron chi connectivity index (χ4n) is 3.36. The van der Waals surface area contributed by atoms with Crippen LogP contribution in [0.25, 0.3) is 11.3 Å². The highest BCUT2D eigenvalue weighted by Gasteiger charge is 2.30. The van der Waals surface area contributed by atoms with Crippen LogP contribution in [0.5, 0.6) is 11.6 Å². The number of pyridine rings is 1. The molecule has 0 bridgehead atoms. The third-order valence-electron chi connectivity index (χ3n) is 4.88. The average molecular weight is 457 g/mol. The zero-order valence-electron chi connectivity index (χ0n) is 16.2. The molecule has 1 atom stereocenters.